The molecule has 0 saturated heterocycles. The number of allylic oxidation sites excluding steroid dienone is 3. The average molecular weight is 438 g/mol. The minimum absolute atomic E-state index is 0.00582. The third-order valence-corrected chi connectivity index (χ3v) is 7.16. The topological polar surface area (TPSA) is 54.7 Å². The number of likely N-dealkylation sites (N-methyl/N-ethyl adjacent to an activating group) is 1. The predicted octanol–water partition coefficient (Wildman–Crippen LogP) is 5.97. The number of nitrogens with zero attached hydrogens (tertiary/aromatic N) is 3. The number of carbonyl (C=O) groups is 2. The lowest BCUT2D eigenvalue weighted by molar-refractivity contribution is -0.129. The molecule has 0 aliphatic heterocycles. The van der Waals surface area contributed by atoms with Gasteiger partial charge in [0.2, 0.25) is 5.91 Å². The van der Waals surface area contributed by atoms with Crippen molar-refractivity contribution in [3.8, 4) is 0 Å². The largest absolute Gasteiger partial charge is 0.326 e. The van der Waals surface area contributed by atoms with Gasteiger partial charge in [0.15, 0.2) is 0 Å². The van der Waals surface area contributed by atoms with Gasteiger partial charge in [0.1, 0.15) is 12.2 Å². The maximum atomic E-state index is 13.3. The molecule has 2 aromatic heterocycles. The highest BCUT2D eigenvalue weighted by atomic mass is 32.1. The van der Waals surface area contributed by atoms with Crippen LogP contribution in [0.4, 0.5) is 0 Å². The van der Waals surface area contributed by atoms with E-state index in [9.17, 15) is 9.59 Å². The van der Waals surface area contributed by atoms with E-state index in [1.807, 2.05) is 40.1 Å². The Morgan fingerprint density at radius 2 is 2.10 bits per heavy atom. The zero-order chi connectivity index (χ0) is 21.8. The standard InChI is InChI=1S/C25H31N3O2S/c1-3-27(20-11-7-8-18(2)14-20)24(29)17-28-21-12-13-31-23(21)15-22(28)25(30)26-16-19-9-5-4-6-10-19/h11-16,19H,3-10,17H2,1-2H3. The SMILES string of the molecule is CCN(C(=O)Cn1c(C(=O)N=CC2CCCCC2)cc2sccc21)C1=CCCC(C)=C1. The van der Waals surface area contributed by atoms with Crippen LogP contribution in [0.1, 0.15) is 69.3 Å². The summed E-state index contributed by atoms with van der Waals surface area (Å²) < 4.78 is 2.86. The molecule has 5 nitrogen and oxygen atoms in total. The molecule has 0 atom stereocenters. The summed E-state index contributed by atoms with van der Waals surface area (Å²) in [6.45, 7) is 4.84. The van der Waals surface area contributed by atoms with Gasteiger partial charge in [-0.25, -0.2) is 4.99 Å². The second-order valence-electron chi connectivity index (χ2n) is 8.56. The van der Waals surface area contributed by atoms with Gasteiger partial charge in [0.05, 0.1) is 10.2 Å². The Labute approximate surface area is 188 Å². The predicted molar refractivity (Wildman–Crippen MR) is 128 cm³/mol. The number of aliphatic imine (C=N–C) groups is 1. The number of amides is 2. The Morgan fingerprint density at radius 3 is 2.84 bits per heavy atom. The zero-order valence-corrected chi connectivity index (χ0v) is 19.3. The van der Waals surface area contributed by atoms with Crippen molar-refractivity contribution in [2.24, 2.45) is 10.9 Å². The van der Waals surface area contributed by atoms with Crippen LogP contribution in [0.3, 0.4) is 0 Å². The highest BCUT2D eigenvalue weighted by Gasteiger charge is 2.22. The van der Waals surface area contributed by atoms with Crippen LogP contribution in [0.15, 0.2) is 45.9 Å². The van der Waals surface area contributed by atoms with E-state index in [1.165, 1.54) is 24.8 Å². The van der Waals surface area contributed by atoms with Crippen LogP contribution < -0.4 is 0 Å². The van der Waals surface area contributed by atoms with E-state index in [0.717, 1.165) is 41.6 Å². The number of thiophene rings is 1. The molecule has 164 valence electrons. The Balaban J connectivity index is 1.57. The molecule has 0 N–H and O–H groups in total. The van der Waals surface area contributed by atoms with Crippen LogP contribution in [0.5, 0.6) is 0 Å². The van der Waals surface area contributed by atoms with E-state index in [0.29, 0.717) is 18.2 Å². The third-order valence-electron chi connectivity index (χ3n) is 6.30. The second kappa shape index (κ2) is 9.77. The number of hydrogen-bond donors (Lipinski definition) is 0. The molecule has 2 aliphatic rings. The minimum Gasteiger partial charge on any atom is -0.326 e. The normalized spacial score (nSPS) is 17.7. The fraction of sp³-hybridized carbons (Fsp3) is 0.480. The van der Waals surface area contributed by atoms with Gasteiger partial charge in [0.25, 0.3) is 5.91 Å². The van der Waals surface area contributed by atoms with Gasteiger partial charge in [-0.1, -0.05) is 30.9 Å². The molecule has 6 heteroatoms. The summed E-state index contributed by atoms with van der Waals surface area (Å²) >= 11 is 1.58. The number of fused-ring (bicyclic) bond motifs is 1. The summed E-state index contributed by atoms with van der Waals surface area (Å²) in [7, 11) is 0. The van der Waals surface area contributed by atoms with Crippen molar-refractivity contribution >= 4 is 39.6 Å². The molecule has 0 unspecified atom stereocenters. The Bertz CT molecular complexity index is 1050. The van der Waals surface area contributed by atoms with E-state index >= 15 is 0 Å². The molecular weight excluding hydrogens is 406 g/mol. The fourth-order valence-electron chi connectivity index (χ4n) is 4.59. The molecule has 4 rings (SSSR count). The van der Waals surface area contributed by atoms with Crippen LogP contribution in [0.25, 0.3) is 10.2 Å². The first-order valence-electron chi connectivity index (χ1n) is 11.4. The molecule has 0 bridgehead atoms. The Kier molecular flexibility index (Phi) is 6.86. The van der Waals surface area contributed by atoms with Crippen molar-refractivity contribution in [2.45, 2.75) is 65.3 Å². The number of aromatic nitrogens is 1. The molecule has 0 aromatic carbocycles. The summed E-state index contributed by atoms with van der Waals surface area (Å²) in [5.74, 6) is 0.138. The third kappa shape index (κ3) is 4.90. The highest BCUT2D eigenvalue weighted by Crippen LogP contribution is 2.27. The first-order valence-corrected chi connectivity index (χ1v) is 12.3. The molecule has 0 spiro atoms. The van der Waals surface area contributed by atoms with Crippen molar-refractivity contribution in [1.82, 2.24) is 9.47 Å². The van der Waals surface area contributed by atoms with Crippen LogP contribution in [-0.2, 0) is 11.3 Å². The second-order valence-corrected chi connectivity index (χ2v) is 9.51. The molecule has 0 radical (unpaired) electrons. The maximum Gasteiger partial charge on any atom is 0.293 e. The van der Waals surface area contributed by atoms with Crippen LogP contribution in [0, 0.1) is 5.92 Å². The minimum atomic E-state index is -0.252. The lowest BCUT2D eigenvalue weighted by atomic mass is 9.90. The van der Waals surface area contributed by atoms with E-state index < -0.39 is 0 Å². The monoisotopic (exact) mass is 437 g/mol. The van der Waals surface area contributed by atoms with E-state index in [-0.39, 0.29) is 18.4 Å². The zero-order valence-electron chi connectivity index (χ0n) is 18.5. The number of hydrogen-bond acceptors (Lipinski definition) is 3. The molecule has 1 saturated carbocycles. The Hall–Kier alpha value is -2.47. The molecular formula is C25H31N3O2S. The fourth-order valence-corrected chi connectivity index (χ4v) is 5.41. The van der Waals surface area contributed by atoms with Crippen molar-refractivity contribution in [3.05, 3.63) is 46.6 Å². The van der Waals surface area contributed by atoms with E-state index in [1.54, 1.807) is 11.3 Å². The van der Waals surface area contributed by atoms with Crippen molar-refractivity contribution in [3.63, 3.8) is 0 Å². The summed E-state index contributed by atoms with van der Waals surface area (Å²) in [4.78, 5) is 32.4. The smallest absolute Gasteiger partial charge is 0.293 e. The molecule has 2 aliphatic carbocycles. The molecule has 2 aromatic rings. The van der Waals surface area contributed by atoms with Gasteiger partial charge in [-0.05, 0) is 69.0 Å². The lowest BCUT2D eigenvalue weighted by Crippen LogP contribution is -2.33. The molecule has 2 heterocycles. The lowest BCUT2D eigenvalue weighted by Gasteiger charge is -2.25. The number of rotatable bonds is 6. The molecule has 31 heavy (non-hydrogen) atoms. The van der Waals surface area contributed by atoms with Gasteiger partial charge >= 0.3 is 0 Å². The summed E-state index contributed by atoms with van der Waals surface area (Å²) in [6, 6.07) is 3.86. The van der Waals surface area contributed by atoms with Crippen molar-refractivity contribution in [2.75, 3.05) is 6.54 Å². The first kappa shape index (κ1) is 21.8. The summed E-state index contributed by atoms with van der Waals surface area (Å²) in [5, 5.41) is 2.00. The van der Waals surface area contributed by atoms with Crippen molar-refractivity contribution < 1.29 is 9.59 Å². The quantitative estimate of drug-likeness (QED) is 0.523. The summed E-state index contributed by atoms with van der Waals surface area (Å²) in [5.41, 5.74) is 3.68. The van der Waals surface area contributed by atoms with Gasteiger partial charge in [0, 0.05) is 18.5 Å². The maximum absolute atomic E-state index is 13.3. The van der Waals surface area contributed by atoms with Gasteiger partial charge < -0.3 is 9.47 Å². The van der Waals surface area contributed by atoms with Crippen molar-refractivity contribution in [1.29, 1.82) is 0 Å². The van der Waals surface area contributed by atoms with Gasteiger partial charge in [-0.3, -0.25) is 9.59 Å². The summed E-state index contributed by atoms with van der Waals surface area (Å²) in [6.07, 6.45) is 14.0. The van der Waals surface area contributed by atoms with Crippen LogP contribution in [-0.4, -0.2) is 34.0 Å². The molecule has 2 amide bonds. The number of carbonyl (C=O) groups excluding carboxylic acids is 2. The first-order chi connectivity index (χ1) is 15.1. The average Bonchev–Trinajstić information content (AvgIpc) is 3.36. The molecule has 1 fully saturated rings. The van der Waals surface area contributed by atoms with Crippen LogP contribution in [0.2, 0.25) is 0 Å². The van der Waals surface area contributed by atoms with Crippen LogP contribution >= 0.6 is 11.3 Å². The van der Waals surface area contributed by atoms with E-state index in [4.69, 9.17) is 0 Å². The van der Waals surface area contributed by atoms with E-state index in [2.05, 4.69) is 24.1 Å². The van der Waals surface area contributed by atoms with Gasteiger partial charge in [-0.2, -0.15) is 0 Å². The van der Waals surface area contributed by atoms with Gasteiger partial charge in [-0.15, -0.1) is 11.3 Å². The highest BCUT2D eigenvalue weighted by molar-refractivity contribution is 7.17. The Morgan fingerprint density at radius 1 is 1.29 bits per heavy atom.